The van der Waals surface area contributed by atoms with Crippen molar-refractivity contribution in [3.8, 4) is 17.6 Å². The molecule has 0 saturated heterocycles. The second-order valence-corrected chi connectivity index (χ2v) is 12.8. The third-order valence-corrected chi connectivity index (χ3v) is 6.53. The van der Waals surface area contributed by atoms with E-state index in [1.807, 2.05) is 85.7 Å². The molecule has 0 aliphatic carbocycles. The minimum absolute atomic E-state index is 0.00787. The topological polar surface area (TPSA) is 103 Å². The zero-order valence-electron chi connectivity index (χ0n) is 25.8. The van der Waals surface area contributed by atoms with Gasteiger partial charge in [-0.05, 0) is 97.4 Å². The van der Waals surface area contributed by atoms with Crippen molar-refractivity contribution in [3.63, 3.8) is 0 Å². The molecule has 1 aliphatic heterocycles. The number of hydrogen-bond acceptors (Lipinski definition) is 7. The fourth-order valence-corrected chi connectivity index (χ4v) is 4.98. The quantitative estimate of drug-likeness (QED) is 0.282. The number of esters is 1. The molecular formula is C33H41N3O6. The third kappa shape index (κ3) is 7.55. The SMILES string of the molecule is CC(C)Oc1ccc(COc2ccc3c(c2)cc2n3CCN(C(=O)OC(C)(C)C)C2CC(=O)OC(C)(C)C)cc1C#N. The first-order valence-electron chi connectivity index (χ1n) is 14.3. The van der Waals surface area contributed by atoms with Gasteiger partial charge in [-0.25, -0.2) is 4.79 Å². The first kappa shape index (κ1) is 30.8. The molecule has 3 aromatic rings. The molecule has 2 aromatic carbocycles. The highest BCUT2D eigenvalue weighted by Gasteiger charge is 2.37. The van der Waals surface area contributed by atoms with Gasteiger partial charge >= 0.3 is 12.1 Å². The summed E-state index contributed by atoms with van der Waals surface area (Å²) in [6, 6.07) is 14.9. The largest absolute Gasteiger partial charge is 0.490 e. The molecule has 4 rings (SSSR count). The van der Waals surface area contributed by atoms with Crippen molar-refractivity contribution in [2.45, 2.75) is 98.3 Å². The summed E-state index contributed by atoms with van der Waals surface area (Å²) in [6.07, 6.45) is -0.481. The molecular weight excluding hydrogens is 534 g/mol. The average molecular weight is 576 g/mol. The van der Waals surface area contributed by atoms with Crippen LogP contribution in [0.3, 0.4) is 0 Å². The Morgan fingerprint density at radius 3 is 2.33 bits per heavy atom. The molecule has 9 heteroatoms. The summed E-state index contributed by atoms with van der Waals surface area (Å²) in [5.41, 5.74) is 1.83. The third-order valence-electron chi connectivity index (χ3n) is 6.53. The van der Waals surface area contributed by atoms with Gasteiger partial charge in [-0.3, -0.25) is 9.69 Å². The molecule has 1 atom stereocenters. The maximum Gasteiger partial charge on any atom is 0.410 e. The van der Waals surface area contributed by atoms with E-state index in [2.05, 4.69) is 10.6 Å². The fraction of sp³-hybridized carbons (Fsp3) is 0.485. The number of benzene rings is 2. The number of amides is 1. The fourth-order valence-electron chi connectivity index (χ4n) is 4.98. The monoisotopic (exact) mass is 575 g/mol. The second kappa shape index (κ2) is 12.0. The van der Waals surface area contributed by atoms with E-state index in [-0.39, 0.29) is 25.1 Å². The number of carbonyl (C=O) groups excluding carboxylic acids is 2. The van der Waals surface area contributed by atoms with Crippen molar-refractivity contribution in [1.29, 1.82) is 5.26 Å². The molecule has 0 spiro atoms. The van der Waals surface area contributed by atoms with Crippen LogP contribution in [0.2, 0.25) is 0 Å². The van der Waals surface area contributed by atoms with Gasteiger partial charge in [0.15, 0.2) is 0 Å². The van der Waals surface area contributed by atoms with E-state index in [0.717, 1.165) is 22.2 Å². The van der Waals surface area contributed by atoms with E-state index >= 15 is 0 Å². The van der Waals surface area contributed by atoms with E-state index < -0.39 is 23.3 Å². The normalized spacial score (nSPS) is 15.2. The summed E-state index contributed by atoms with van der Waals surface area (Å²) in [5.74, 6) is 0.836. The first-order valence-corrected chi connectivity index (χ1v) is 14.3. The van der Waals surface area contributed by atoms with Gasteiger partial charge in [0.1, 0.15) is 35.4 Å². The molecule has 224 valence electrons. The summed E-state index contributed by atoms with van der Waals surface area (Å²) >= 11 is 0. The highest BCUT2D eigenvalue weighted by molar-refractivity contribution is 5.84. The second-order valence-electron chi connectivity index (χ2n) is 12.8. The van der Waals surface area contributed by atoms with Crippen molar-refractivity contribution in [1.82, 2.24) is 9.47 Å². The molecule has 0 N–H and O–H groups in total. The lowest BCUT2D eigenvalue weighted by Gasteiger charge is -2.37. The van der Waals surface area contributed by atoms with E-state index in [1.54, 1.807) is 17.0 Å². The van der Waals surface area contributed by atoms with Gasteiger partial charge in [-0.1, -0.05) is 6.07 Å². The van der Waals surface area contributed by atoms with Crippen LogP contribution in [0.1, 0.15) is 84.7 Å². The Balaban J connectivity index is 1.60. The smallest absolute Gasteiger partial charge is 0.410 e. The Bertz CT molecular complexity index is 1500. The Morgan fingerprint density at radius 2 is 1.69 bits per heavy atom. The van der Waals surface area contributed by atoms with Crippen molar-refractivity contribution in [2.24, 2.45) is 0 Å². The van der Waals surface area contributed by atoms with E-state index in [1.165, 1.54) is 0 Å². The van der Waals surface area contributed by atoms with Crippen LogP contribution in [-0.2, 0) is 27.4 Å². The maximum absolute atomic E-state index is 13.2. The lowest BCUT2D eigenvalue weighted by molar-refractivity contribution is -0.156. The number of fused-ring (bicyclic) bond motifs is 3. The van der Waals surface area contributed by atoms with Crippen molar-refractivity contribution < 1.29 is 28.5 Å². The maximum atomic E-state index is 13.2. The Labute approximate surface area is 247 Å². The number of carbonyl (C=O) groups is 2. The summed E-state index contributed by atoms with van der Waals surface area (Å²) in [7, 11) is 0. The molecule has 0 bridgehead atoms. The van der Waals surface area contributed by atoms with Crippen molar-refractivity contribution in [2.75, 3.05) is 6.54 Å². The lowest BCUT2D eigenvalue weighted by atomic mass is 10.1. The predicted molar refractivity (Wildman–Crippen MR) is 159 cm³/mol. The van der Waals surface area contributed by atoms with Crippen LogP contribution in [0, 0.1) is 11.3 Å². The minimum Gasteiger partial charge on any atom is -0.490 e. The summed E-state index contributed by atoms with van der Waals surface area (Å²) in [4.78, 5) is 27.8. The van der Waals surface area contributed by atoms with Gasteiger partial charge in [0.05, 0.1) is 24.1 Å². The van der Waals surface area contributed by atoms with E-state index in [0.29, 0.717) is 30.2 Å². The zero-order valence-corrected chi connectivity index (χ0v) is 25.8. The van der Waals surface area contributed by atoms with Crippen LogP contribution in [0.25, 0.3) is 10.9 Å². The van der Waals surface area contributed by atoms with Gasteiger partial charge in [0.25, 0.3) is 0 Å². The van der Waals surface area contributed by atoms with Gasteiger partial charge < -0.3 is 23.5 Å². The van der Waals surface area contributed by atoms with Crippen LogP contribution in [0.4, 0.5) is 4.79 Å². The molecule has 1 unspecified atom stereocenters. The predicted octanol–water partition coefficient (Wildman–Crippen LogP) is 6.90. The highest BCUT2D eigenvalue weighted by atomic mass is 16.6. The number of rotatable bonds is 7. The minimum atomic E-state index is -0.667. The number of ether oxygens (including phenoxy) is 4. The Hall–Kier alpha value is -4.19. The zero-order chi connectivity index (χ0) is 30.8. The lowest BCUT2D eigenvalue weighted by Crippen LogP contribution is -2.45. The molecule has 2 heterocycles. The van der Waals surface area contributed by atoms with Crippen molar-refractivity contribution >= 4 is 23.0 Å². The standard InChI is InChI=1S/C33H41N3O6/c1-21(2)40-29-12-9-22(15-24(29)19-34)20-39-25-10-11-26-23(16-25)17-27-28(18-30(37)41-32(3,4)5)36(14-13-35(26)27)31(38)42-33(6,7)8/h9-12,15-17,21,28H,13-14,18,20H2,1-8H3. The molecule has 0 fully saturated rings. The Kier molecular flexibility index (Phi) is 8.76. The molecule has 0 radical (unpaired) electrons. The summed E-state index contributed by atoms with van der Waals surface area (Å²) in [5, 5.41) is 10.5. The van der Waals surface area contributed by atoms with Gasteiger partial charge in [0, 0.05) is 29.7 Å². The molecule has 1 aliphatic rings. The van der Waals surface area contributed by atoms with E-state index in [4.69, 9.17) is 18.9 Å². The average Bonchev–Trinajstić information content (AvgIpc) is 3.24. The molecule has 1 aromatic heterocycles. The molecule has 42 heavy (non-hydrogen) atoms. The van der Waals surface area contributed by atoms with E-state index in [9.17, 15) is 14.9 Å². The van der Waals surface area contributed by atoms with Crippen LogP contribution < -0.4 is 9.47 Å². The van der Waals surface area contributed by atoms with Gasteiger partial charge in [0.2, 0.25) is 0 Å². The number of nitriles is 1. The number of nitrogens with zero attached hydrogens (tertiary/aromatic N) is 3. The van der Waals surface area contributed by atoms with Crippen LogP contribution in [0.15, 0.2) is 42.5 Å². The van der Waals surface area contributed by atoms with Gasteiger partial charge in [-0.15, -0.1) is 0 Å². The number of aromatic nitrogens is 1. The summed E-state index contributed by atoms with van der Waals surface area (Å²) < 4.78 is 25.3. The Morgan fingerprint density at radius 1 is 0.976 bits per heavy atom. The van der Waals surface area contributed by atoms with Crippen LogP contribution >= 0.6 is 0 Å². The van der Waals surface area contributed by atoms with Gasteiger partial charge in [-0.2, -0.15) is 5.26 Å². The first-order chi connectivity index (χ1) is 19.6. The summed E-state index contributed by atoms with van der Waals surface area (Å²) in [6.45, 7) is 16.0. The molecule has 9 nitrogen and oxygen atoms in total. The van der Waals surface area contributed by atoms with Crippen molar-refractivity contribution in [3.05, 3.63) is 59.3 Å². The number of hydrogen-bond donors (Lipinski definition) is 0. The molecule has 0 saturated carbocycles. The van der Waals surface area contributed by atoms with Crippen LogP contribution in [0.5, 0.6) is 11.5 Å². The molecule has 1 amide bonds. The van der Waals surface area contributed by atoms with Crippen LogP contribution in [-0.4, -0.2) is 45.4 Å². The highest BCUT2D eigenvalue weighted by Crippen LogP contribution is 2.36.